The minimum atomic E-state index is -3.66. The normalized spacial score (nSPS) is 11.6. The highest BCUT2D eigenvalue weighted by molar-refractivity contribution is 9.10. The highest BCUT2D eigenvalue weighted by Gasteiger charge is 2.17. The van der Waals surface area contributed by atoms with Gasteiger partial charge in [-0.15, -0.1) is 0 Å². The molecule has 21 heavy (non-hydrogen) atoms. The molecule has 1 N–H and O–H groups in total. The molecule has 0 fully saturated rings. The van der Waals surface area contributed by atoms with Gasteiger partial charge in [0, 0.05) is 11.0 Å². The molecule has 3 nitrogen and oxygen atoms in total. The molecule has 112 valence electrons. The Kier molecular flexibility index (Phi) is 5.37. The van der Waals surface area contributed by atoms with Crippen LogP contribution in [0.2, 0.25) is 5.02 Å². The second-order valence-corrected chi connectivity index (χ2v) is 7.41. The van der Waals surface area contributed by atoms with Crippen LogP contribution in [0.5, 0.6) is 0 Å². The van der Waals surface area contributed by atoms with E-state index in [4.69, 9.17) is 11.6 Å². The van der Waals surface area contributed by atoms with E-state index in [0.29, 0.717) is 10.9 Å². The van der Waals surface area contributed by atoms with Crippen molar-refractivity contribution in [1.29, 1.82) is 0 Å². The maximum Gasteiger partial charge on any atom is 0.242 e. The van der Waals surface area contributed by atoms with Crippen LogP contribution in [-0.2, 0) is 16.4 Å². The highest BCUT2D eigenvalue weighted by atomic mass is 79.9. The lowest BCUT2D eigenvalue weighted by atomic mass is 10.1. The summed E-state index contributed by atoms with van der Waals surface area (Å²) in [4.78, 5) is 0.0338. The van der Waals surface area contributed by atoms with Crippen LogP contribution >= 0.6 is 27.5 Å². The molecular weight excluding hydrogens is 381 g/mol. The molecule has 0 amide bonds. The molecule has 0 saturated heterocycles. The number of nitrogens with one attached hydrogen (secondary N) is 1. The zero-order chi connectivity index (χ0) is 15.5. The molecule has 0 atom stereocenters. The second-order valence-electron chi connectivity index (χ2n) is 4.35. The lowest BCUT2D eigenvalue weighted by molar-refractivity contribution is 0.581. The number of rotatable bonds is 5. The largest absolute Gasteiger partial charge is 0.242 e. The van der Waals surface area contributed by atoms with Crippen molar-refractivity contribution in [3.63, 3.8) is 0 Å². The van der Waals surface area contributed by atoms with Gasteiger partial charge in [-0.25, -0.2) is 17.5 Å². The van der Waals surface area contributed by atoms with E-state index in [0.717, 1.165) is 5.56 Å². The third-order valence-corrected chi connectivity index (χ3v) is 5.24. The number of benzene rings is 2. The van der Waals surface area contributed by atoms with Crippen molar-refractivity contribution in [2.45, 2.75) is 11.3 Å². The van der Waals surface area contributed by atoms with E-state index in [9.17, 15) is 12.8 Å². The van der Waals surface area contributed by atoms with E-state index in [2.05, 4.69) is 20.7 Å². The van der Waals surface area contributed by atoms with Crippen LogP contribution in [0, 0.1) is 5.82 Å². The molecule has 0 aliphatic carbocycles. The summed E-state index contributed by atoms with van der Waals surface area (Å²) in [6, 6.07) is 10.5. The van der Waals surface area contributed by atoms with Crippen molar-refractivity contribution in [3.05, 3.63) is 63.3 Å². The van der Waals surface area contributed by atoms with Crippen LogP contribution in [0.1, 0.15) is 5.56 Å². The Hall–Kier alpha value is -0.950. The smallest absolute Gasteiger partial charge is 0.211 e. The molecule has 7 heteroatoms. The van der Waals surface area contributed by atoms with Gasteiger partial charge in [-0.2, -0.15) is 0 Å². The molecule has 0 aliphatic rings. The number of sulfonamides is 1. The maximum absolute atomic E-state index is 12.8. The van der Waals surface area contributed by atoms with Crippen LogP contribution in [0.4, 0.5) is 4.39 Å². The van der Waals surface area contributed by atoms with Crippen molar-refractivity contribution in [3.8, 4) is 0 Å². The summed E-state index contributed by atoms with van der Waals surface area (Å²) in [6.07, 6.45) is 0.466. The third-order valence-electron chi connectivity index (χ3n) is 2.80. The van der Waals surface area contributed by atoms with Crippen LogP contribution in [0.25, 0.3) is 0 Å². The Morgan fingerprint density at radius 1 is 1.14 bits per heavy atom. The van der Waals surface area contributed by atoms with Crippen LogP contribution in [-0.4, -0.2) is 15.0 Å². The standard InChI is InChI=1S/C14H12BrClFNO2S/c15-11-3-6-14(13(16)9-11)21(19,20)18-8-7-10-1-4-12(17)5-2-10/h1-6,9,18H,7-8H2. The topological polar surface area (TPSA) is 46.2 Å². The molecule has 0 saturated carbocycles. The highest BCUT2D eigenvalue weighted by Crippen LogP contribution is 2.24. The Balaban J connectivity index is 2.03. The Bertz CT molecular complexity index is 735. The van der Waals surface area contributed by atoms with Crippen molar-refractivity contribution in [1.82, 2.24) is 4.72 Å². The van der Waals surface area contributed by atoms with Crippen molar-refractivity contribution >= 4 is 37.6 Å². The average Bonchev–Trinajstić information content (AvgIpc) is 2.40. The van der Waals surface area contributed by atoms with Crippen LogP contribution in [0.3, 0.4) is 0 Å². The van der Waals surface area contributed by atoms with Gasteiger partial charge >= 0.3 is 0 Å². The average molecular weight is 393 g/mol. The second kappa shape index (κ2) is 6.87. The fraction of sp³-hybridized carbons (Fsp3) is 0.143. The van der Waals surface area contributed by atoms with Gasteiger partial charge in [0.2, 0.25) is 10.0 Å². The van der Waals surface area contributed by atoms with Crippen LogP contribution in [0.15, 0.2) is 51.8 Å². The van der Waals surface area contributed by atoms with E-state index in [-0.39, 0.29) is 22.3 Å². The van der Waals surface area contributed by atoms with Gasteiger partial charge in [-0.1, -0.05) is 39.7 Å². The lowest BCUT2D eigenvalue weighted by Crippen LogP contribution is -2.26. The maximum atomic E-state index is 12.8. The van der Waals surface area contributed by atoms with E-state index >= 15 is 0 Å². The van der Waals surface area contributed by atoms with Gasteiger partial charge in [-0.05, 0) is 42.3 Å². The Labute approximate surface area is 136 Å². The zero-order valence-corrected chi connectivity index (χ0v) is 14.0. The van der Waals surface area contributed by atoms with Crippen molar-refractivity contribution < 1.29 is 12.8 Å². The van der Waals surface area contributed by atoms with E-state index in [1.807, 2.05) is 0 Å². The summed E-state index contributed by atoms with van der Waals surface area (Å²) in [7, 11) is -3.66. The third kappa shape index (κ3) is 4.51. The van der Waals surface area contributed by atoms with E-state index in [1.54, 1.807) is 18.2 Å². The first-order valence-electron chi connectivity index (χ1n) is 6.08. The van der Waals surface area contributed by atoms with Gasteiger partial charge in [0.25, 0.3) is 0 Å². The molecule has 0 bridgehead atoms. The predicted molar refractivity (Wildman–Crippen MR) is 84.4 cm³/mol. The SMILES string of the molecule is O=S(=O)(NCCc1ccc(F)cc1)c1ccc(Br)cc1Cl. The zero-order valence-electron chi connectivity index (χ0n) is 10.8. The predicted octanol–water partition coefficient (Wildman–Crippen LogP) is 3.76. The monoisotopic (exact) mass is 391 g/mol. The number of hydrogen-bond donors (Lipinski definition) is 1. The molecule has 0 spiro atoms. The Morgan fingerprint density at radius 2 is 1.81 bits per heavy atom. The van der Waals surface area contributed by atoms with Crippen molar-refractivity contribution in [2.24, 2.45) is 0 Å². The molecule has 0 unspecified atom stereocenters. The fourth-order valence-corrected chi connectivity index (χ4v) is 3.82. The fourth-order valence-electron chi connectivity index (χ4n) is 1.75. The van der Waals surface area contributed by atoms with Gasteiger partial charge < -0.3 is 0 Å². The molecular formula is C14H12BrClFNO2S. The molecule has 0 radical (unpaired) electrons. The first-order valence-corrected chi connectivity index (χ1v) is 8.73. The quantitative estimate of drug-likeness (QED) is 0.842. The molecule has 2 aromatic rings. The summed E-state index contributed by atoms with van der Waals surface area (Å²) < 4.78 is 40.2. The summed E-state index contributed by atoms with van der Waals surface area (Å²) in [6.45, 7) is 0.209. The van der Waals surface area contributed by atoms with E-state index in [1.165, 1.54) is 24.3 Å². The summed E-state index contributed by atoms with van der Waals surface area (Å²) in [5.74, 6) is -0.319. The van der Waals surface area contributed by atoms with Gasteiger partial charge in [0.05, 0.1) is 5.02 Å². The molecule has 0 heterocycles. The van der Waals surface area contributed by atoms with Gasteiger partial charge in [-0.3, -0.25) is 0 Å². The molecule has 2 rings (SSSR count). The van der Waals surface area contributed by atoms with E-state index < -0.39 is 10.0 Å². The van der Waals surface area contributed by atoms with Crippen molar-refractivity contribution in [2.75, 3.05) is 6.54 Å². The summed E-state index contributed by atoms with van der Waals surface area (Å²) >= 11 is 9.16. The minimum Gasteiger partial charge on any atom is -0.211 e. The molecule has 0 aliphatic heterocycles. The first kappa shape index (κ1) is 16.4. The van der Waals surface area contributed by atoms with Gasteiger partial charge in [0.1, 0.15) is 10.7 Å². The summed E-state index contributed by atoms with van der Waals surface area (Å²) in [5, 5.41) is 0.152. The Morgan fingerprint density at radius 3 is 2.43 bits per heavy atom. The number of halogens is 3. The molecule has 0 aromatic heterocycles. The minimum absolute atomic E-state index is 0.0338. The van der Waals surface area contributed by atoms with Gasteiger partial charge in [0.15, 0.2) is 0 Å². The first-order chi connectivity index (χ1) is 9.88. The molecule has 2 aromatic carbocycles. The number of hydrogen-bond acceptors (Lipinski definition) is 2. The lowest BCUT2D eigenvalue weighted by Gasteiger charge is -2.08. The van der Waals surface area contributed by atoms with Crippen LogP contribution < -0.4 is 4.72 Å². The summed E-state index contributed by atoms with van der Waals surface area (Å²) in [5.41, 5.74) is 0.848.